The summed E-state index contributed by atoms with van der Waals surface area (Å²) in [6, 6.07) is 5.49. The first-order valence-corrected chi connectivity index (χ1v) is 8.39. The Labute approximate surface area is 145 Å². The van der Waals surface area contributed by atoms with Crippen LogP contribution in [-0.4, -0.2) is 46.9 Å². The van der Waals surface area contributed by atoms with Crippen molar-refractivity contribution in [3.63, 3.8) is 0 Å². The average Bonchev–Trinajstić information content (AvgIpc) is 3.11. The Balaban J connectivity index is 1.45. The molecule has 0 aliphatic carbocycles. The Morgan fingerprint density at radius 1 is 1.50 bits per heavy atom. The third-order valence-corrected chi connectivity index (χ3v) is 4.12. The van der Waals surface area contributed by atoms with Crippen molar-refractivity contribution in [2.24, 2.45) is 0 Å². The molecule has 0 spiro atoms. The summed E-state index contributed by atoms with van der Waals surface area (Å²) in [7, 11) is 0. The summed E-state index contributed by atoms with van der Waals surface area (Å²) in [6.45, 7) is 2.58. The van der Waals surface area contributed by atoms with Gasteiger partial charge in [0.1, 0.15) is 17.3 Å². The standard InChI is InChI=1S/C16H20ClN5O2/c17-13-4-2-7-20-16(13)24-10-8-19-15(23)14-5-9-22(21-14)12-3-1-6-18-11-12/h2,4-5,7,9,12,18H,1,3,6,8,10-11H2,(H,19,23). The molecule has 128 valence electrons. The Kier molecular flexibility index (Phi) is 5.66. The van der Waals surface area contributed by atoms with Gasteiger partial charge in [-0.25, -0.2) is 4.98 Å². The Morgan fingerprint density at radius 3 is 3.21 bits per heavy atom. The zero-order valence-corrected chi connectivity index (χ0v) is 14.0. The van der Waals surface area contributed by atoms with Crippen LogP contribution in [0.15, 0.2) is 30.6 Å². The Morgan fingerprint density at radius 2 is 2.42 bits per heavy atom. The van der Waals surface area contributed by atoms with Gasteiger partial charge in [-0.2, -0.15) is 5.10 Å². The molecule has 1 saturated heterocycles. The van der Waals surface area contributed by atoms with Gasteiger partial charge in [-0.05, 0) is 37.6 Å². The quantitative estimate of drug-likeness (QED) is 0.775. The van der Waals surface area contributed by atoms with Gasteiger partial charge in [-0.3, -0.25) is 9.48 Å². The molecule has 1 aliphatic rings. The Hall–Kier alpha value is -2.12. The lowest BCUT2D eigenvalue weighted by atomic mass is 10.1. The second-order valence-electron chi connectivity index (χ2n) is 5.58. The zero-order valence-electron chi connectivity index (χ0n) is 13.2. The van der Waals surface area contributed by atoms with Gasteiger partial charge in [0, 0.05) is 18.9 Å². The number of amides is 1. The van der Waals surface area contributed by atoms with Crippen LogP contribution in [-0.2, 0) is 0 Å². The van der Waals surface area contributed by atoms with E-state index < -0.39 is 0 Å². The van der Waals surface area contributed by atoms with Crippen LogP contribution in [0.1, 0.15) is 29.4 Å². The largest absolute Gasteiger partial charge is 0.475 e. The maximum Gasteiger partial charge on any atom is 0.271 e. The van der Waals surface area contributed by atoms with E-state index in [1.807, 2.05) is 10.9 Å². The summed E-state index contributed by atoms with van der Waals surface area (Å²) in [6.07, 6.45) is 5.66. The molecule has 1 aliphatic heterocycles. The minimum atomic E-state index is -0.215. The van der Waals surface area contributed by atoms with Gasteiger partial charge >= 0.3 is 0 Å². The second kappa shape index (κ2) is 8.12. The fourth-order valence-corrected chi connectivity index (χ4v) is 2.78. The molecule has 1 unspecified atom stereocenters. The third kappa shape index (κ3) is 4.24. The van der Waals surface area contributed by atoms with Gasteiger partial charge in [0.25, 0.3) is 5.91 Å². The molecule has 3 heterocycles. The van der Waals surface area contributed by atoms with Gasteiger partial charge in [0.2, 0.25) is 5.88 Å². The number of carbonyl (C=O) groups excluding carboxylic acids is 1. The molecule has 0 aromatic carbocycles. The lowest BCUT2D eigenvalue weighted by Gasteiger charge is -2.22. The van der Waals surface area contributed by atoms with E-state index in [1.54, 1.807) is 24.4 Å². The van der Waals surface area contributed by atoms with Crippen LogP contribution in [0.25, 0.3) is 0 Å². The van der Waals surface area contributed by atoms with Crippen molar-refractivity contribution in [3.05, 3.63) is 41.3 Å². The van der Waals surface area contributed by atoms with Crippen LogP contribution in [0, 0.1) is 0 Å². The Bertz CT molecular complexity index is 685. The molecule has 1 fully saturated rings. The van der Waals surface area contributed by atoms with E-state index in [0.717, 1.165) is 25.9 Å². The van der Waals surface area contributed by atoms with Crippen molar-refractivity contribution >= 4 is 17.5 Å². The number of carbonyl (C=O) groups is 1. The van der Waals surface area contributed by atoms with E-state index in [4.69, 9.17) is 16.3 Å². The summed E-state index contributed by atoms with van der Waals surface area (Å²) in [5.41, 5.74) is 0.413. The lowest BCUT2D eigenvalue weighted by molar-refractivity contribution is 0.0940. The van der Waals surface area contributed by atoms with E-state index in [-0.39, 0.29) is 12.5 Å². The number of aromatic nitrogens is 3. The smallest absolute Gasteiger partial charge is 0.271 e. The number of ether oxygens (including phenoxy) is 1. The SMILES string of the molecule is O=C(NCCOc1ncccc1Cl)c1ccn(C2CCCNC2)n1. The number of nitrogens with zero attached hydrogens (tertiary/aromatic N) is 3. The molecule has 2 N–H and O–H groups in total. The van der Waals surface area contributed by atoms with Crippen molar-refractivity contribution in [1.29, 1.82) is 0 Å². The molecule has 2 aromatic rings. The summed E-state index contributed by atoms with van der Waals surface area (Å²) in [4.78, 5) is 16.1. The molecule has 24 heavy (non-hydrogen) atoms. The van der Waals surface area contributed by atoms with E-state index in [2.05, 4.69) is 20.7 Å². The van der Waals surface area contributed by atoms with Crippen LogP contribution in [0.4, 0.5) is 0 Å². The van der Waals surface area contributed by atoms with Crippen LogP contribution >= 0.6 is 11.6 Å². The zero-order chi connectivity index (χ0) is 16.8. The van der Waals surface area contributed by atoms with Crippen molar-refractivity contribution in [1.82, 2.24) is 25.4 Å². The summed E-state index contributed by atoms with van der Waals surface area (Å²) >= 11 is 5.95. The van der Waals surface area contributed by atoms with Crippen LogP contribution in [0.5, 0.6) is 5.88 Å². The highest BCUT2D eigenvalue weighted by Gasteiger charge is 2.17. The maximum absolute atomic E-state index is 12.1. The summed E-state index contributed by atoms with van der Waals surface area (Å²) < 4.78 is 7.30. The fourth-order valence-electron chi connectivity index (χ4n) is 2.60. The average molecular weight is 350 g/mol. The number of pyridine rings is 1. The molecule has 0 radical (unpaired) electrons. The number of nitrogens with one attached hydrogen (secondary N) is 2. The predicted octanol–water partition coefficient (Wildman–Crippen LogP) is 1.66. The topological polar surface area (TPSA) is 81.1 Å². The van der Waals surface area contributed by atoms with Crippen LogP contribution in [0.2, 0.25) is 5.02 Å². The fraction of sp³-hybridized carbons (Fsp3) is 0.438. The summed E-state index contributed by atoms with van der Waals surface area (Å²) in [5, 5.41) is 10.9. The van der Waals surface area contributed by atoms with Crippen LogP contribution in [0.3, 0.4) is 0 Å². The predicted molar refractivity (Wildman–Crippen MR) is 90.4 cm³/mol. The first-order valence-electron chi connectivity index (χ1n) is 8.01. The minimum absolute atomic E-state index is 0.215. The highest BCUT2D eigenvalue weighted by molar-refractivity contribution is 6.31. The van der Waals surface area contributed by atoms with Crippen LogP contribution < -0.4 is 15.4 Å². The van der Waals surface area contributed by atoms with Crippen molar-refractivity contribution in [2.45, 2.75) is 18.9 Å². The number of hydrogen-bond acceptors (Lipinski definition) is 5. The van der Waals surface area contributed by atoms with Crippen molar-refractivity contribution in [3.8, 4) is 5.88 Å². The lowest BCUT2D eigenvalue weighted by Crippen LogP contribution is -2.32. The monoisotopic (exact) mass is 349 g/mol. The highest BCUT2D eigenvalue weighted by atomic mass is 35.5. The van der Waals surface area contributed by atoms with Gasteiger partial charge in [-0.15, -0.1) is 0 Å². The van der Waals surface area contributed by atoms with Gasteiger partial charge in [-0.1, -0.05) is 11.6 Å². The normalized spacial score (nSPS) is 17.5. The number of hydrogen-bond donors (Lipinski definition) is 2. The van der Waals surface area contributed by atoms with E-state index >= 15 is 0 Å². The third-order valence-electron chi connectivity index (χ3n) is 3.84. The number of piperidine rings is 1. The molecule has 2 aromatic heterocycles. The minimum Gasteiger partial charge on any atom is -0.475 e. The number of halogens is 1. The maximum atomic E-state index is 12.1. The number of rotatable bonds is 6. The molecular formula is C16H20ClN5O2. The first-order chi connectivity index (χ1) is 11.7. The summed E-state index contributed by atoms with van der Waals surface area (Å²) in [5.74, 6) is 0.149. The van der Waals surface area contributed by atoms with Gasteiger partial charge < -0.3 is 15.4 Å². The van der Waals surface area contributed by atoms with Gasteiger partial charge in [0.15, 0.2) is 0 Å². The van der Waals surface area contributed by atoms with Crippen molar-refractivity contribution < 1.29 is 9.53 Å². The molecule has 3 rings (SSSR count). The van der Waals surface area contributed by atoms with E-state index in [0.29, 0.717) is 29.2 Å². The van der Waals surface area contributed by atoms with E-state index in [1.165, 1.54) is 0 Å². The van der Waals surface area contributed by atoms with E-state index in [9.17, 15) is 4.79 Å². The molecule has 1 atom stereocenters. The molecule has 0 bridgehead atoms. The highest BCUT2D eigenvalue weighted by Crippen LogP contribution is 2.19. The second-order valence-corrected chi connectivity index (χ2v) is 5.98. The molecule has 0 saturated carbocycles. The molecule has 7 nitrogen and oxygen atoms in total. The molecule has 1 amide bonds. The van der Waals surface area contributed by atoms with Crippen molar-refractivity contribution in [2.75, 3.05) is 26.2 Å². The first kappa shape index (κ1) is 16.7. The van der Waals surface area contributed by atoms with Gasteiger partial charge in [0.05, 0.1) is 12.6 Å². The molecule has 8 heteroatoms. The molecular weight excluding hydrogens is 330 g/mol.